The Morgan fingerprint density at radius 3 is 1.43 bits per heavy atom. The average Bonchev–Trinajstić information content (AvgIpc) is 3.09. The maximum Gasteiger partial charge on any atom is 0.155 e. The number of pyridine rings is 2. The van der Waals surface area contributed by atoms with Crippen molar-refractivity contribution in [2.75, 3.05) is 0 Å². The number of nitrogens with zero attached hydrogens (tertiary/aromatic N) is 2. The smallest absolute Gasteiger partial charge is 0.155 e. The first-order valence-electron chi connectivity index (χ1n) is 17.9. The van der Waals surface area contributed by atoms with E-state index in [2.05, 4.69) is 138 Å². The zero-order valence-corrected chi connectivity index (χ0v) is 39.1. The van der Waals surface area contributed by atoms with Crippen molar-refractivity contribution in [3.63, 3.8) is 0 Å². The van der Waals surface area contributed by atoms with Gasteiger partial charge in [0.25, 0.3) is 0 Å². The second-order valence-electron chi connectivity index (χ2n) is 13.7. The number of rotatable bonds is 4. The van der Waals surface area contributed by atoms with Crippen LogP contribution in [-0.4, -0.2) is 31.7 Å². The van der Waals surface area contributed by atoms with Gasteiger partial charge in [-0.15, -0.1) is 68.8 Å². The third kappa shape index (κ3) is 13.9. The zero-order valence-electron chi connectivity index (χ0n) is 34.4. The van der Waals surface area contributed by atoms with Crippen molar-refractivity contribution in [2.24, 2.45) is 0 Å². The van der Waals surface area contributed by atoms with Crippen molar-refractivity contribution in [3.05, 3.63) is 153 Å². The van der Waals surface area contributed by atoms with Crippen LogP contribution < -0.4 is 0 Å². The molecule has 0 saturated carbocycles. The minimum atomic E-state index is -0.125. The SMILES string of the molecule is CC(=O)C=C(C)O.CC(=O)C=C(C)O.Cc1[c-]c(-c2ncc3ccccc3c2C)c(C)cc1C.Cc1[c-]c(-c2ncc3ccccc3c2C)cc(C)c1C.[Ir].[Ir]. The number of ketones is 2. The summed E-state index contributed by atoms with van der Waals surface area (Å²) in [4.78, 5) is 29.4. The maximum atomic E-state index is 10.0. The van der Waals surface area contributed by atoms with Crippen molar-refractivity contribution in [1.29, 1.82) is 0 Å². The Bertz CT molecular complexity index is 2320. The van der Waals surface area contributed by atoms with Crippen LogP contribution in [0.3, 0.4) is 0 Å². The van der Waals surface area contributed by atoms with Crippen molar-refractivity contribution < 1.29 is 60.0 Å². The van der Waals surface area contributed by atoms with E-state index in [0.29, 0.717) is 0 Å². The summed E-state index contributed by atoms with van der Waals surface area (Å²) in [7, 11) is 0. The predicted octanol–water partition coefficient (Wildman–Crippen LogP) is 11.9. The van der Waals surface area contributed by atoms with Gasteiger partial charge in [-0.2, -0.15) is 0 Å². The van der Waals surface area contributed by atoms with Crippen LogP contribution in [0, 0.1) is 67.5 Å². The molecule has 4 aromatic carbocycles. The van der Waals surface area contributed by atoms with Gasteiger partial charge in [0.05, 0.1) is 11.5 Å². The van der Waals surface area contributed by atoms with Gasteiger partial charge in [0.2, 0.25) is 0 Å². The second-order valence-corrected chi connectivity index (χ2v) is 13.7. The first kappa shape index (κ1) is 49.4. The molecule has 0 spiro atoms. The van der Waals surface area contributed by atoms with E-state index in [9.17, 15) is 9.59 Å². The van der Waals surface area contributed by atoms with Gasteiger partial charge in [0.15, 0.2) is 11.6 Å². The fourth-order valence-corrected chi connectivity index (χ4v) is 5.95. The number of hydrogen-bond donors (Lipinski definition) is 2. The number of aryl methyl sites for hydroxylation is 7. The van der Waals surface area contributed by atoms with Crippen LogP contribution in [0.4, 0.5) is 0 Å². The van der Waals surface area contributed by atoms with Crippen LogP contribution in [0.5, 0.6) is 0 Å². The molecule has 0 unspecified atom stereocenters. The molecule has 56 heavy (non-hydrogen) atoms. The largest absolute Gasteiger partial charge is 0.512 e. The van der Waals surface area contributed by atoms with Crippen LogP contribution >= 0.6 is 0 Å². The number of fused-ring (bicyclic) bond motifs is 2. The summed E-state index contributed by atoms with van der Waals surface area (Å²) in [5.41, 5.74) is 14.3. The summed E-state index contributed by atoms with van der Waals surface area (Å²) in [6.45, 7) is 22.8. The minimum Gasteiger partial charge on any atom is -0.512 e. The van der Waals surface area contributed by atoms with E-state index >= 15 is 0 Å². The number of carbonyl (C=O) groups is 2. The number of aromatic nitrogens is 2. The molecular weight excluding hydrogens is 1050 g/mol. The monoisotopic (exact) mass is 1110 g/mol. The van der Waals surface area contributed by atoms with Crippen molar-refractivity contribution in [2.45, 2.75) is 83.1 Å². The van der Waals surface area contributed by atoms with Gasteiger partial charge >= 0.3 is 0 Å². The fraction of sp³-hybridized carbons (Fsp3) is 0.250. The van der Waals surface area contributed by atoms with Crippen LogP contribution in [-0.2, 0) is 49.8 Å². The predicted molar refractivity (Wildman–Crippen MR) is 224 cm³/mol. The quantitative estimate of drug-likeness (QED) is 0.104. The van der Waals surface area contributed by atoms with Gasteiger partial charge in [-0.1, -0.05) is 101 Å². The molecule has 6 aromatic rings. The fourth-order valence-electron chi connectivity index (χ4n) is 5.95. The number of aliphatic hydroxyl groups is 2. The Morgan fingerprint density at radius 2 is 1.00 bits per heavy atom. The Labute approximate surface area is 359 Å². The molecule has 0 aliphatic carbocycles. The summed E-state index contributed by atoms with van der Waals surface area (Å²) in [5.74, 6) is -0.125. The second kappa shape index (κ2) is 22.8. The summed E-state index contributed by atoms with van der Waals surface area (Å²) < 4.78 is 0. The van der Waals surface area contributed by atoms with Crippen molar-refractivity contribution >= 4 is 33.1 Å². The van der Waals surface area contributed by atoms with Gasteiger partial charge < -0.3 is 20.2 Å². The molecule has 2 N–H and O–H groups in total. The number of hydrogen-bond acceptors (Lipinski definition) is 6. The van der Waals surface area contributed by atoms with Crippen molar-refractivity contribution in [1.82, 2.24) is 9.97 Å². The third-order valence-electron chi connectivity index (χ3n) is 8.99. The molecule has 0 aliphatic heterocycles. The first-order valence-corrected chi connectivity index (χ1v) is 17.9. The Morgan fingerprint density at radius 1 is 0.554 bits per heavy atom. The number of carbonyl (C=O) groups excluding carboxylic acids is 2. The molecule has 8 heteroatoms. The van der Waals surface area contributed by atoms with Gasteiger partial charge in [0, 0.05) is 64.8 Å². The molecule has 0 saturated heterocycles. The van der Waals surface area contributed by atoms with Crippen LogP contribution in [0.25, 0.3) is 44.1 Å². The Kier molecular flexibility index (Phi) is 20.2. The average molecular weight is 1110 g/mol. The molecule has 2 heterocycles. The number of aliphatic hydroxyl groups excluding tert-OH is 2. The van der Waals surface area contributed by atoms with Crippen LogP contribution in [0.2, 0.25) is 0 Å². The van der Waals surface area contributed by atoms with E-state index in [1.54, 1.807) is 0 Å². The Balaban J connectivity index is 0.000000411. The van der Waals surface area contributed by atoms with Gasteiger partial charge in [-0.25, -0.2) is 0 Å². The summed E-state index contributed by atoms with van der Waals surface area (Å²) in [6.07, 6.45) is 6.25. The molecule has 2 aromatic heterocycles. The molecule has 0 fully saturated rings. The maximum absolute atomic E-state index is 10.0. The molecule has 0 amide bonds. The molecule has 6 rings (SSSR count). The summed E-state index contributed by atoms with van der Waals surface area (Å²) >= 11 is 0. The normalized spacial score (nSPS) is 10.7. The van der Waals surface area contributed by atoms with Gasteiger partial charge in [-0.05, 0) is 74.5 Å². The van der Waals surface area contributed by atoms with Crippen molar-refractivity contribution in [3.8, 4) is 22.5 Å². The number of allylic oxidation sites excluding steroid dienone is 4. The van der Waals surface area contributed by atoms with Crippen LogP contribution in [0.15, 0.2) is 96.7 Å². The summed E-state index contributed by atoms with van der Waals surface area (Å²) in [5, 5.41) is 21.6. The van der Waals surface area contributed by atoms with E-state index in [-0.39, 0.29) is 63.3 Å². The number of benzene rings is 4. The molecule has 0 atom stereocenters. The molecule has 6 nitrogen and oxygen atoms in total. The van der Waals surface area contributed by atoms with Gasteiger partial charge in [0.1, 0.15) is 0 Å². The standard InChI is InChI=1S/2C19H18N.2C5H8O2.2Ir/c1-12-9-17(10-13(2)14(12)3)19-15(4)18-8-6-5-7-16(18)11-20-19;1-12-9-14(3)18(10-13(12)2)19-15(4)17-8-6-5-7-16(17)11-20-19;2*1-4(6)3-5(2)7;;/h2*5-9,11H,1-4H3;2*3,6H,1-2H3;;/q2*-1;;;;. The van der Waals surface area contributed by atoms with E-state index < -0.39 is 0 Å². The molecule has 0 aliphatic rings. The topological polar surface area (TPSA) is 100 Å². The molecule has 298 valence electrons. The van der Waals surface area contributed by atoms with Gasteiger partial charge in [-0.3, -0.25) is 9.59 Å². The van der Waals surface area contributed by atoms with Crippen LogP contribution in [0.1, 0.15) is 72.2 Å². The minimum absolute atomic E-state index is 0. The molecule has 0 bridgehead atoms. The summed E-state index contributed by atoms with van der Waals surface area (Å²) in [6, 6.07) is 28.2. The Hall–Kier alpha value is -4.58. The van der Waals surface area contributed by atoms with E-state index in [1.165, 1.54) is 106 Å². The zero-order chi connectivity index (χ0) is 40.3. The third-order valence-corrected chi connectivity index (χ3v) is 8.99. The molecular formula is C48H52Ir2N2O4-2. The van der Waals surface area contributed by atoms with E-state index in [1.807, 2.05) is 12.4 Å². The van der Waals surface area contributed by atoms with E-state index in [4.69, 9.17) is 10.2 Å². The first-order chi connectivity index (χ1) is 25.4. The molecule has 2 radical (unpaired) electrons. The van der Waals surface area contributed by atoms with E-state index in [0.717, 1.165) is 22.5 Å².